The number of hydrogen-bond acceptors (Lipinski definition) is 5. The van der Waals surface area contributed by atoms with Crippen LogP contribution < -0.4 is 15.1 Å². The van der Waals surface area contributed by atoms with Crippen molar-refractivity contribution in [3.63, 3.8) is 0 Å². The molecule has 0 fully saturated rings. The summed E-state index contributed by atoms with van der Waals surface area (Å²) in [6, 6.07) is 15.9. The number of ether oxygens (including phenoxy) is 2. The lowest BCUT2D eigenvalue weighted by Gasteiger charge is -2.18. The van der Waals surface area contributed by atoms with Crippen LogP contribution in [-0.2, 0) is 4.79 Å². The highest BCUT2D eigenvalue weighted by atomic mass is 16.5. The molecule has 0 aliphatic rings. The van der Waals surface area contributed by atoms with Gasteiger partial charge in [0.05, 0.1) is 6.54 Å². The van der Waals surface area contributed by atoms with Gasteiger partial charge in [-0.15, -0.1) is 0 Å². The maximum absolute atomic E-state index is 12.2. The Hall–Kier alpha value is -3.28. The van der Waals surface area contributed by atoms with Gasteiger partial charge < -0.3 is 18.8 Å². The topological polar surface area (TPSA) is 69.0 Å². The number of hydrogen-bond donors (Lipinski definition) is 0. The molecule has 1 amide bonds. The lowest BCUT2D eigenvalue weighted by molar-refractivity contribution is -0.132. The van der Waals surface area contributed by atoms with Gasteiger partial charge in [-0.25, -0.2) is 4.79 Å². The van der Waals surface area contributed by atoms with E-state index in [9.17, 15) is 9.59 Å². The van der Waals surface area contributed by atoms with Crippen LogP contribution in [0, 0.1) is 6.92 Å². The summed E-state index contributed by atoms with van der Waals surface area (Å²) in [7, 11) is 1.70. The first-order valence-electron chi connectivity index (χ1n) is 8.61. The summed E-state index contributed by atoms with van der Waals surface area (Å²) in [6.07, 6.45) is 0. The van der Waals surface area contributed by atoms with Crippen molar-refractivity contribution in [3.8, 4) is 11.5 Å². The third-order valence-corrected chi connectivity index (χ3v) is 4.07. The minimum absolute atomic E-state index is 0.108. The molecule has 0 radical (unpaired) electrons. The molecular formula is C21H21NO5. The molecule has 0 atom stereocenters. The van der Waals surface area contributed by atoms with Crippen molar-refractivity contribution in [3.05, 3.63) is 70.6 Å². The average molecular weight is 367 g/mol. The van der Waals surface area contributed by atoms with Crippen molar-refractivity contribution >= 4 is 16.9 Å². The Kier molecular flexibility index (Phi) is 5.76. The van der Waals surface area contributed by atoms with Crippen LogP contribution in [0.3, 0.4) is 0 Å². The Bertz CT molecular complexity index is 995. The van der Waals surface area contributed by atoms with Gasteiger partial charge in [0, 0.05) is 24.6 Å². The lowest BCUT2D eigenvalue weighted by atomic mass is 10.2. The molecule has 0 saturated heterocycles. The number of benzene rings is 2. The molecule has 3 rings (SSSR count). The molecule has 1 heterocycles. The molecule has 2 aromatic carbocycles. The molecule has 0 aliphatic carbocycles. The first-order valence-corrected chi connectivity index (χ1v) is 8.61. The Morgan fingerprint density at radius 1 is 1.04 bits per heavy atom. The zero-order valence-corrected chi connectivity index (χ0v) is 15.3. The van der Waals surface area contributed by atoms with Crippen LogP contribution in [0.15, 0.2) is 63.8 Å². The lowest BCUT2D eigenvalue weighted by Crippen LogP contribution is -2.34. The van der Waals surface area contributed by atoms with Crippen molar-refractivity contribution in [2.24, 2.45) is 0 Å². The number of aryl methyl sites for hydroxylation is 1. The summed E-state index contributed by atoms with van der Waals surface area (Å²) < 4.78 is 16.3. The van der Waals surface area contributed by atoms with Gasteiger partial charge in [-0.2, -0.15) is 0 Å². The third kappa shape index (κ3) is 5.10. The van der Waals surface area contributed by atoms with Gasteiger partial charge in [-0.1, -0.05) is 12.1 Å². The predicted molar refractivity (Wildman–Crippen MR) is 102 cm³/mol. The summed E-state index contributed by atoms with van der Waals surface area (Å²) >= 11 is 0. The number of rotatable bonds is 7. The van der Waals surface area contributed by atoms with Crippen LogP contribution in [0.5, 0.6) is 11.5 Å². The molecule has 140 valence electrons. The molecule has 1 aromatic heterocycles. The second-order valence-electron chi connectivity index (χ2n) is 6.22. The normalized spacial score (nSPS) is 10.6. The van der Waals surface area contributed by atoms with E-state index in [2.05, 4.69) is 0 Å². The van der Waals surface area contributed by atoms with E-state index in [1.165, 1.54) is 6.07 Å². The SMILES string of the molecule is Cc1cccc(OCCN(C)C(=O)COc2ccc3ccc(=O)oc3c2)c1. The second-order valence-corrected chi connectivity index (χ2v) is 6.22. The van der Waals surface area contributed by atoms with Gasteiger partial charge in [0.15, 0.2) is 6.61 Å². The van der Waals surface area contributed by atoms with Crippen LogP contribution in [0.2, 0.25) is 0 Å². The number of amides is 1. The molecule has 6 heteroatoms. The Balaban J connectivity index is 1.49. The van der Waals surface area contributed by atoms with E-state index < -0.39 is 5.63 Å². The summed E-state index contributed by atoms with van der Waals surface area (Å²) in [5, 5.41) is 0.790. The van der Waals surface area contributed by atoms with Gasteiger partial charge in [0.1, 0.15) is 23.7 Å². The van der Waals surface area contributed by atoms with Crippen LogP contribution in [0.4, 0.5) is 0 Å². The van der Waals surface area contributed by atoms with Crippen molar-refractivity contribution < 1.29 is 18.7 Å². The standard InChI is InChI=1S/C21H21NO5/c1-15-4-3-5-17(12-15)25-11-10-22(2)20(23)14-26-18-8-6-16-7-9-21(24)27-19(16)13-18/h3-9,12-13H,10-11,14H2,1-2H3. The van der Waals surface area contributed by atoms with E-state index in [-0.39, 0.29) is 12.5 Å². The molecule has 27 heavy (non-hydrogen) atoms. The smallest absolute Gasteiger partial charge is 0.336 e. The molecule has 0 bridgehead atoms. The second kappa shape index (κ2) is 8.40. The van der Waals surface area contributed by atoms with Gasteiger partial charge in [-0.05, 0) is 42.8 Å². The molecule has 0 spiro atoms. The van der Waals surface area contributed by atoms with Gasteiger partial charge in [-0.3, -0.25) is 4.79 Å². The number of carbonyl (C=O) groups is 1. The first-order chi connectivity index (χ1) is 13.0. The minimum atomic E-state index is -0.427. The number of fused-ring (bicyclic) bond motifs is 1. The summed E-state index contributed by atoms with van der Waals surface area (Å²) in [5.74, 6) is 1.08. The maximum Gasteiger partial charge on any atom is 0.336 e. The van der Waals surface area contributed by atoms with Crippen molar-refractivity contribution in [2.45, 2.75) is 6.92 Å². The monoisotopic (exact) mass is 367 g/mol. The zero-order chi connectivity index (χ0) is 19.2. The van der Waals surface area contributed by atoms with E-state index in [4.69, 9.17) is 13.9 Å². The number of carbonyl (C=O) groups excluding carboxylic acids is 1. The van der Waals surface area contributed by atoms with E-state index in [0.29, 0.717) is 24.5 Å². The average Bonchev–Trinajstić information content (AvgIpc) is 2.65. The zero-order valence-electron chi connectivity index (χ0n) is 15.3. The summed E-state index contributed by atoms with van der Waals surface area (Å²) in [4.78, 5) is 25.0. The van der Waals surface area contributed by atoms with Crippen LogP contribution in [0.25, 0.3) is 11.0 Å². The number of likely N-dealkylation sites (N-methyl/N-ethyl adjacent to an activating group) is 1. The summed E-state index contributed by atoms with van der Waals surface area (Å²) in [6.45, 7) is 2.73. The Morgan fingerprint density at radius 3 is 2.63 bits per heavy atom. The van der Waals surface area contributed by atoms with Crippen LogP contribution in [0.1, 0.15) is 5.56 Å². The Labute approximate surface area is 156 Å². The largest absolute Gasteiger partial charge is 0.492 e. The molecule has 0 N–H and O–H groups in total. The molecule has 0 aliphatic heterocycles. The molecule has 6 nitrogen and oxygen atoms in total. The highest BCUT2D eigenvalue weighted by molar-refractivity contribution is 5.79. The quantitative estimate of drug-likeness (QED) is 0.601. The van der Waals surface area contributed by atoms with Crippen LogP contribution in [-0.4, -0.2) is 37.6 Å². The van der Waals surface area contributed by atoms with Gasteiger partial charge >= 0.3 is 5.63 Å². The van der Waals surface area contributed by atoms with E-state index in [0.717, 1.165) is 16.7 Å². The minimum Gasteiger partial charge on any atom is -0.492 e. The fourth-order valence-corrected chi connectivity index (χ4v) is 2.52. The Morgan fingerprint density at radius 2 is 1.81 bits per heavy atom. The van der Waals surface area contributed by atoms with Crippen LogP contribution >= 0.6 is 0 Å². The van der Waals surface area contributed by atoms with Crippen molar-refractivity contribution in [1.82, 2.24) is 4.90 Å². The highest BCUT2D eigenvalue weighted by Gasteiger charge is 2.10. The molecule has 3 aromatic rings. The first kappa shape index (κ1) is 18.5. The fourth-order valence-electron chi connectivity index (χ4n) is 2.52. The maximum atomic E-state index is 12.2. The van der Waals surface area contributed by atoms with Crippen molar-refractivity contribution in [2.75, 3.05) is 26.8 Å². The van der Waals surface area contributed by atoms with Gasteiger partial charge in [0.25, 0.3) is 5.91 Å². The molecule has 0 saturated carbocycles. The third-order valence-electron chi connectivity index (χ3n) is 4.07. The fraction of sp³-hybridized carbons (Fsp3) is 0.238. The van der Waals surface area contributed by atoms with Gasteiger partial charge in [0.2, 0.25) is 0 Å². The summed E-state index contributed by atoms with van der Waals surface area (Å²) in [5.41, 5.74) is 1.12. The van der Waals surface area contributed by atoms with E-state index in [1.54, 1.807) is 36.2 Å². The highest BCUT2D eigenvalue weighted by Crippen LogP contribution is 2.19. The number of nitrogens with zero attached hydrogens (tertiary/aromatic N) is 1. The molecule has 0 unspecified atom stereocenters. The van der Waals surface area contributed by atoms with E-state index >= 15 is 0 Å². The predicted octanol–water partition coefficient (Wildman–Crippen LogP) is 3.02. The molecular weight excluding hydrogens is 346 g/mol. The van der Waals surface area contributed by atoms with Crippen molar-refractivity contribution in [1.29, 1.82) is 0 Å². The van der Waals surface area contributed by atoms with E-state index in [1.807, 2.05) is 31.2 Å².